The highest BCUT2D eigenvalue weighted by molar-refractivity contribution is 5.61. The molecule has 1 fully saturated rings. The van der Waals surface area contributed by atoms with E-state index in [-0.39, 0.29) is 5.69 Å². The maximum Gasteiger partial charge on any atom is 0.327 e. The number of halogens is 1. The van der Waals surface area contributed by atoms with Gasteiger partial charge in [0.1, 0.15) is 5.69 Å². The Morgan fingerprint density at radius 3 is 2.79 bits per heavy atom. The highest BCUT2D eigenvalue weighted by atomic mass is 19.1. The number of nitro benzene ring substituents is 1. The smallest absolute Gasteiger partial charge is 0.327 e. The minimum absolute atomic E-state index is 0.256. The molecule has 1 saturated heterocycles. The Bertz CT molecular complexity index is 448. The van der Waals surface area contributed by atoms with Crippen molar-refractivity contribution in [2.24, 2.45) is 0 Å². The van der Waals surface area contributed by atoms with Crippen molar-refractivity contribution in [3.8, 4) is 0 Å². The average molecular weight is 267 g/mol. The summed E-state index contributed by atoms with van der Waals surface area (Å²) in [5, 5.41) is 13.8. The van der Waals surface area contributed by atoms with Crippen LogP contribution in [0.5, 0.6) is 0 Å². The maximum atomic E-state index is 13.4. The number of hydrogen-bond donors (Lipinski definition) is 1. The summed E-state index contributed by atoms with van der Waals surface area (Å²) in [6, 6.07) is 4.12. The van der Waals surface area contributed by atoms with E-state index in [1.165, 1.54) is 25.0 Å². The SMILES string of the molecule is O=[N+]([O-])c1c(F)cccc1NCCCN1CCCC1. The number of rotatable bonds is 6. The molecule has 2 rings (SSSR count). The van der Waals surface area contributed by atoms with E-state index in [4.69, 9.17) is 0 Å². The molecule has 0 aliphatic carbocycles. The molecule has 0 atom stereocenters. The lowest BCUT2D eigenvalue weighted by Gasteiger charge is -2.14. The van der Waals surface area contributed by atoms with Gasteiger partial charge in [0.05, 0.1) is 4.92 Å². The second-order valence-corrected chi connectivity index (χ2v) is 4.72. The van der Waals surface area contributed by atoms with E-state index in [2.05, 4.69) is 10.2 Å². The summed E-state index contributed by atoms with van der Waals surface area (Å²) in [6.45, 7) is 3.87. The molecule has 1 heterocycles. The van der Waals surface area contributed by atoms with Crippen molar-refractivity contribution in [3.63, 3.8) is 0 Å². The van der Waals surface area contributed by atoms with Gasteiger partial charge in [0.15, 0.2) is 0 Å². The number of nitrogens with zero attached hydrogens (tertiary/aromatic N) is 2. The topological polar surface area (TPSA) is 58.4 Å². The summed E-state index contributed by atoms with van der Waals surface area (Å²) in [5.41, 5.74) is -0.213. The first-order valence-electron chi connectivity index (χ1n) is 6.57. The molecule has 1 aromatic carbocycles. The molecule has 0 unspecified atom stereocenters. The van der Waals surface area contributed by atoms with Crippen molar-refractivity contribution < 1.29 is 9.31 Å². The zero-order valence-corrected chi connectivity index (χ0v) is 10.8. The first-order chi connectivity index (χ1) is 9.18. The summed E-state index contributed by atoms with van der Waals surface area (Å²) in [4.78, 5) is 12.5. The zero-order valence-electron chi connectivity index (χ0n) is 10.8. The van der Waals surface area contributed by atoms with Crippen molar-refractivity contribution >= 4 is 11.4 Å². The van der Waals surface area contributed by atoms with Gasteiger partial charge in [-0.15, -0.1) is 0 Å². The quantitative estimate of drug-likeness (QED) is 0.489. The molecule has 6 heteroatoms. The van der Waals surface area contributed by atoms with E-state index >= 15 is 0 Å². The summed E-state index contributed by atoms with van der Waals surface area (Å²) in [6.07, 6.45) is 3.40. The van der Waals surface area contributed by atoms with Gasteiger partial charge < -0.3 is 10.2 Å². The molecule has 0 bridgehead atoms. The highest BCUT2D eigenvalue weighted by Crippen LogP contribution is 2.27. The minimum Gasteiger partial charge on any atom is -0.379 e. The van der Waals surface area contributed by atoms with E-state index in [0.717, 1.165) is 32.1 Å². The predicted molar refractivity (Wildman–Crippen MR) is 71.8 cm³/mol. The van der Waals surface area contributed by atoms with Gasteiger partial charge in [-0.25, -0.2) is 0 Å². The first-order valence-corrected chi connectivity index (χ1v) is 6.57. The first kappa shape index (κ1) is 13.7. The fraction of sp³-hybridized carbons (Fsp3) is 0.538. The molecule has 0 spiro atoms. The molecule has 1 N–H and O–H groups in total. The summed E-state index contributed by atoms with van der Waals surface area (Å²) in [7, 11) is 0. The number of nitro groups is 1. The van der Waals surface area contributed by atoms with Crippen LogP contribution in [0.2, 0.25) is 0 Å². The van der Waals surface area contributed by atoms with Crippen LogP contribution in [-0.4, -0.2) is 36.0 Å². The summed E-state index contributed by atoms with van der Waals surface area (Å²) < 4.78 is 13.4. The molecular formula is C13H18FN3O2. The minimum atomic E-state index is -0.797. The second-order valence-electron chi connectivity index (χ2n) is 4.72. The van der Waals surface area contributed by atoms with E-state index in [9.17, 15) is 14.5 Å². The second kappa shape index (κ2) is 6.47. The van der Waals surface area contributed by atoms with Gasteiger partial charge in [-0.1, -0.05) is 6.07 Å². The third-order valence-electron chi connectivity index (χ3n) is 3.33. The van der Waals surface area contributed by atoms with Crippen molar-refractivity contribution in [2.45, 2.75) is 19.3 Å². The van der Waals surface area contributed by atoms with Crippen molar-refractivity contribution in [2.75, 3.05) is 31.5 Å². The van der Waals surface area contributed by atoms with Gasteiger partial charge in [-0.3, -0.25) is 10.1 Å². The van der Waals surface area contributed by atoms with Crippen LogP contribution in [0.3, 0.4) is 0 Å². The van der Waals surface area contributed by atoms with Crippen molar-refractivity contribution in [1.29, 1.82) is 0 Å². The lowest BCUT2D eigenvalue weighted by Crippen LogP contribution is -2.22. The van der Waals surface area contributed by atoms with Crippen molar-refractivity contribution in [3.05, 3.63) is 34.1 Å². The molecule has 1 aromatic rings. The van der Waals surface area contributed by atoms with E-state index < -0.39 is 16.4 Å². The molecule has 5 nitrogen and oxygen atoms in total. The Labute approximate surface area is 111 Å². The van der Waals surface area contributed by atoms with Gasteiger partial charge in [-0.05, 0) is 51.0 Å². The molecule has 0 aromatic heterocycles. The molecule has 0 amide bonds. The number of para-hydroxylation sites is 1. The van der Waals surface area contributed by atoms with Crippen LogP contribution in [0.25, 0.3) is 0 Å². The number of likely N-dealkylation sites (tertiary alicyclic amines) is 1. The van der Waals surface area contributed by atoms with Gasteiger partial charge in [0.25, 0.3) is 0 Å². The van der Waals surface area contributed by atoms with E-state index in [1.807, 2.05) is 0 Å². The Balaban J connectivity index is 1.85. The molecular weight excluding hydrogens is 249 g/mol. The molecule has 0 radical (unpaired) electrons. The van der Waals surface area contributed by atoms with Crippen LogP contribution in [0.4, 0.5) is 15.8 Å². The molecule has 1 aliphatic heterocycles. The normalized spacial score (nSPS) is 15.6. The molecule has 1 aliphatic rings. The number of hydrogen-bond acceptors (Lipinski definition) is 4. The number of anilines is 1. The third kappa shape index (κ3) is 3.64. The highest BCUT2D eigenvalue weighted by Gasteiger charge is 2.19. The Morgan fingerprint density at radius 1 is 1.37 bits per heavy atom. The average Bonchev–Trinajstić information content (AvgIpc) is 2.87. The maximum absolute atomic E-state index is 13.4. The zero-order chi connectivity index (χ0) is 13.7. The van der Waals surface area contributed by atoms with Crippen LogP contribution in [0.15, 0.2) is 18.2 Å². The Hall–Kier alpha value is -1.69. The fourth-order valence-electron chi connectivity index (χ4n) is 2.38. The lowest BCUT2D eigenvalue weighted by atomic mass is 10.2. The summed E-state index contributed by atoms with van der Waals surface area (Å²) in [5.74, 6) is -0.797. The fourth-order valence-corrected chi connectivity index (χ4v) is 2.38. The van der Waals surface area contributed by atoms with Gasteiger partial charge in [0, 0.05) is 6.54 Å². The standard InChI is InChI=1S/C13H18FN3O2/c14-11-5-3-6-12(13(11)17(18)19)15-7-4-10-16-8-1-2-9-16/h3,5-6,15H,1-2,4,7-10H2. The van der Waals surface area contributed by atoms with Crippen molar-refractivity contribution in [1.82, 2.24) is 4.90 Å². The lowest BCUT2D eigenvalue weighted by molar-refractivity contribution is -0.386. The number of benzene rings is 1. The Morgan fingerprint density at radius 2 is 2.11 bits per heavy atom. The van der Waals surface area contributed by atoms with E-state index in [0.29, 0.717) is 6.54 Å². The molecule has 0 saturated carbocycles. The van der Waals surface area contributed by atoms with E-state index in [1.54, 1.807) is 0 Å². The predicted octanol–water partition coefficient (Wildman–Crippen LogP) is 2.63. The summed E-state index contributed by atoms with van der Waals surface area (Å²) >= 11 is 0. The van der Waals surface area contributed by atoms with Gasteiger partial charge in [0.2, 0.25) is 5.82 Å². The van der Waals surface area contributed by atoms with Gasteiger partial charge >= 0.3 is 5.69 Å². The van der Waals surface area contributed by atoms with Gasteiger partial charge in [-0.2, -0.15) is 4.39 Å². The largest absolute Gasteiger partial charge is 0.379 e. The van der Waals surface area contributed by atoms with Crippen LogP contribution < -0.4 is 5.32 Å². The number of nitrogens with one attached hydrogen (secondary N) is 1. The van der Waals surface area contributed by atoms with Crippen LogP contribution in [0, 0.1) is 15.9 Å². The van der Waals surface area contributed by atoms with Crippen LogP contribution in [-0.2, 0) is 0 Å². The van der Waals surface area contributed by atoms with Crippen LogP contribution in [0.1, 0.15) is 19.3 Å². The Kier molecular flexibility index (Phi) is 4.68. The van der Waals surface area contributed by atoms with Crippen LogP contribution >= 0.6 is 0 Å². The molecule has 104 valence electrons. The molecule has 19 heavy (non-hydrogen) atoms. The monoisotopic (exact) mass is 267 g/mol. The third-order valence-corrected chi connectivity index (χ3v) is 3.33.